The van der Waals surface area contributed by atoms with Crippen molar-refractivity contribution in [3.05, 3.63) is 95.6 Å². The van der Waals surface area contributed by atoms with Gasteiger partial charge in [-0.15, -0.1) is 0 Å². The number of halogens is 3. The van der Waals surface area contributed by atoms with Crippen molar-refractivity contribution < 1.29 is 22.8 Å². The van der Waals surface area contributed by atoms with Crippen LogP contribution >= 0.6 is 0 Å². The first-order valence-corrected chi connectivity index (χ1v) is 9.59. The first-order valence-electron chi connectivity index (χ1n) is 9.59. The number of nitrogens with one attached hydrogen (secondary N) is 3. The number of benzodiazepines with no additional fused rings is 1. The second-order valence-corrected chi connectivity index (χ2v) is 6.96. The summed E-state index contributed by atoms with van der Waals surface area (Å²) in [7, 11) is 0. The second-order valence-electron chi connectivity index (χ2n) is 6.96. The Bertz CT molecular complexity index is 1190. The highest BCUT2D eigenvalue weighted by Crippen LogP contribution is 2.30. The highest BCUT2D eigenvalue weighted by molar-refractivity contribution is 6.19. The number of aliphatic imine (C=N–C) groups is 1. The second kappa shape index (κ2) is 8.54. The average Bonchev–Trinajstić information content (AvgIpc) is 2.90. The van der Waals surface area contributed by atoms with E-state index >= 15 is 0 Å². The minimum absolute atomic E-state index is 0.0677. The lowest BCUT2D eigenvalue weighted by Gasteiger charge is -2.15. The molecule has 32 heavy (non-hydrogen) atoms. The number of benzene rings is 3. The van der Waals surface area contributed by atoms with Crippen LogP contribution in [0.2, 0.25) is 0 Å². The van der Waals surface area contributed by atoms with E-state index in [-0.39, 0.29) is 5.69 Å². The Morgan fingerprint density at radius 1 is 0.938 bits per heavy atom. The van der Waals surface area contributed by atoms with Gasteiger partial charge in [0.2, 0.25) is 6.17 Å². The molecule has 1 aliphatic rings. The SMILES string of the molecule is O=C(Nc1cccc(C(F)(F)F)c1)NC1N=C(c2ccccc2)c2ccccc2NC1=O. The summed E-state index contributed by atoms with van der Waals surface area (Å²) in [6, 6.07) is 19.5. The molecule has 3 amide bonds. The summed E-state index contributed by atoms with van der Waals surface area (Å²) < 4.78 is 38.7. The first-order chi connectivity index (χ1) is 15.3. The quantitative estimate of drug-likeness (QED) is 0.557. The van der Waals surface area contributed by atoms with Crippen LogP contribution in [0.4, 0.5) is 29.3 Å². The Kier molecular flexibility index (Phi) is 5.63. The maximum Gasteiger partial charge on any atom is 0.416 e. The summed E-state index contributed by atoms with van der Waals surface area (Å²) in [5.41, 5.74) is 1.46. The molecular formula is C23H17F3N4O2. The summed E-state index contributed by atoms with van der Waals surface area (Å²) in [4.78, 5) is 29.6. The lowest BCUT2D eigenvalue weighted by molar-refractivity contribution is -0.137. The summed E-state index contributed by atoms with van der Waals surface area (Å²) in [5, 5.41) is 7.46. The van der Waals surface area contributed by atoms with Crippen LogP contribution in [0, 0.1) is 0 Å². The fraction of sp³-hybridized carbons (Fsp3) is 0.0870. The number of fused-ring (bicyclic) bond motifs is 1. The number of carbonyl (C=O) groups excluding carboxylic acids is 2. The van der Waals surface area contributed by atoms with Crippen LogP contribution in [-0.4, -0.2) is 23.8 Å². The predicted octanol–water partition coefficient (Wildman–Crippen LogP) is 4.64. The van der Waals surface area contributed by atoms with Gasteiger partial charge in [0.05, 0.1) is 17.0 Å². The monoisotopic (exact) mass is 438 g/mol. The Balaban J connectivity index is 1.61. The Labute approximate surface area is 181 Å². The van der Waals surface area contributed by atoms with Gasteiger partial charge in [0.1, 0.15) is 0 Å². The molecule has 3 N–H and O–H groups in total. The van der Waals surface area contributed by atoms with Gasteiger partial charge in [-0.1, -0.05) is 54.6 Å². The third kappa shape index (κ3) is 4.61. The van der Waals surface area contributed by atoms with Gasteiger partial charge in [0, 0.05) is 16.8 Å². The lowest BCUT2D eigenvalue weighted by Crippen LogP contribution is -2.44. The molecule has 0 aromatic heterocycles. The van der Waals surface area contributed by atoms with E-state index in [1.54, 1.807) is 24.3 Å². The van der Waals surface area contributed by atoms with Gasteiger partial charge in [0.25, 0.3) is 5.91 Å². The normalized spacial score (nSPS) is 15.7. The molecule has 162 valence electrons. The van der Waals surface area contributed by atoms with Crippen LogP contribution < -0.4 is 16.0 Å². The molecule has 1 unspecified atom stereocenters. The fourth-order valence-electron chi connectivity index (χ4n) is 3.25. The van der Waals surface area contributed by atoms with Crippen LogP contribution in [0.25, 0.3) is 0 Å². The minimum atomic E-state index is -4.55. The number of urea groups is 1. The zero-order valence-corrected chi connectivity index (χ0v) is 16.5. The number of hydrogen-bond donors (Lipinski definition) is 3. The van der Waals surface area contributed by atoms with Gasteiger partial charge in [0.15, 0.2) is 0 Å². The van der Waals surface area contributed by atoms with Gasteiger partial charge in [-0.3, -0.25) is 4.79 Å². The van der Waals surface area contributed by atoms with Crippen molar-refractivity contribution in [1.82, 2.24) is 5.32 Å². The molecule has 1 atom stereocenters. The van der Waals surface area contributed by atoms with Crippen LogP contribution in [-0.2, 0) is 11.0 Å². The van der Waals surface area contributed by atoms with Crippen molar-refractivity contribution >= 4 is 29.0 Å². The molecule has 0 saturated heterocycles. The van der Waals surface area contributed by atoms with E-state index in [2.05, 4.69) is 20.9 Å². The fourth-order valence-corrected chi connectivity index (χ4v) is 3.25. The topological polar surface area (TPSA) is 82.6 Å². The van der Waals surface area contributed by atoms with E-state index in [9.17, 15) is 22.8 Å². The molecule has 6 nitrogen and oxygen atoms in total. The van der Waals surface area contributed by atoms with E-state index in [0.717, 1.165) is 17.7 Å². The lowest BCUT2D eigenvalue weighted by atomic mass is 10.0. The van der Waals surface area contributed by atoms with Crippen molar-refractivity contribution in [3.63, 3.8) is 0 Å². The predicted molar refractivity (Wildman–Crippen MR) is 115 cm³/mol. The number of para-hydroxylation sites is 1. The molecule has 9 heteroatoms. The first kappa shape index (κ1) is 21.1. The molecule has 0 bridgehead atoms. The highest BCUT2D eigenvalue weighted by atomic mass is 19.4. The Morgan fingerprint density at radius 2 is 1.66 bits per heavy atom. The molecule has 0 radical (unpaired) electrons. The van der Waals surface area contributed by atoms with E-state index < -0.39 is 29.8 Å². The number of carbonyl (C=O) groups is 2. The van der Waals surface area contributed by atoms with Gasteiger partial charge in [-0.2, -0.15) is 13.2 Å². The largest absolute Gasteiger partial charge is 0.416 e. The van der Waals surface area contributed by atoms with Crippen LogP contribution in [0.3, 0.4) is 0 Å². The van der Waals surface area contributed by atoms with E-state index in [0.29, 0.717) is 17.0 Å². The standard InChI is InChI=1S/C23H17F3N4O2/c24-23(25,26)15-9-6-10-16(13-15)27-22(32)30-20-21(31)28-18-12-5-4-11-17(18)19(29-20)14-7-2-1-3-8-14/h1-13,20H,(H,28,31)(H2,27,30,32). The minimum Gasteiger partial charge on any atom is -0.322 e. The van der Waals surface area contributed by atoms with E-state index in [1.165, 1.54) is 12.1 Å². The maximum absolute atomic E-state index is 12.9. The number of hydrogen-bond acceptors (Lipinski definition) is 3. The molecule has 0 aliphatic carbocycles. The number of anilines is 2. The smallest absolute Gasteiger partial charge is 0.322 e. The molecule has 0 saturated carbocycles. The Hall–Kier alpha value is -4.14. The van der Waals surface area contributed by atoms with Gasteiger partial charge in [-0.05, 0) is 24.3 Å². The Morgan fingerprint density at radius 3 is 2.41 bits per heavy atom. The number of nitrogens with zero attached hydrogens (tertiary/aromatic N) is 1. The van der Waals surface area contributed by atoms with Crippen molar-refractivity contribution in [2.75, 3.05) is 10.6 Å². The van der Waals surface area contributed by atoms with Crippen molar-refractivity contribution in [3.8, 4) is 0 Å². The van der Waals surface area contributed by atoms with Crippen LogP contribution in [0.1, 0.15) is 16.7 Å². The number of alkyl halides is 3. The highest BCUT2D eigenvalue weighted by Gasteiger charge is 2.31. The molecule has 1 aliphatic heterocycles. The number of amides is 3. The third-order valence-electron chi connectivity index (χ3n) is 4.71. The molecular weight excluding hydrogens is 421 g/mol. The van der Waals surface area contributed by atoms with Crippen molar-refractivity contribution in [2.24, 2.45) is 4.99 Å². The van der Waals surface area contributed by atoms with Crippen LogP contribution in [0.5, 0.6) is 0 Å². The van der Waals surface area contributed by atoms with E-state index in [4.69, 9.17) is 0 Å². The third-order valence-corrected chi connectivity index (χ3v) is 4.71. The molecule has 1 heterocycles. The number of rotatable bonds is 3. The molecule has 4 rings (SSSR count). The average molecular weight is 438 g/mol. The molecule has 3 aromatic carbocycles. The maximum atomic E-state index is 12.9. The van der Waals surface area contributed by atoms with Gasteiger partial charge in [-0.25, -0.2) is 9.79 Å². The van der Waals surface area contributed by atoms with E-state index in [1.807, 2.05) is 30.3 Å². The summed E-state index contributed by atoms with van der Waals surface area (Å²) in [6.45, 7) is 0. The van der Waals surface area contributed by atoms with Crippen molar-refractivity contribution in [2.45, 2.75) is 12.3 Å². The molecule has 3 aromatic rings. The summed E-state index contributed by atoms with van der Waals surface area (Å²) in [5.74, 6) is -0.581. The van der Waals surface area contributed by atoms with Crippen molar-refractivity contribution in [1.29, 1.82) is 0 Å². The van der Waals surface area contributed by atoms with Crippen LogP contribution in [0.15, 0.2) is 83.9 Å². The zero-order chi connectivity index (χ0) is 22.7. The summed E-state index contributed by atoms with van der Waals surface area (Å²) in [6.07, 6.45) is -5.85. The molecule has 0 fully saturated rings. The zero-order valence-electron chi connectivity index (χ0n) is 16.5. The van der Waals surface area contributed by atoms with Gasteiger partial charge >= 0.3 is 12.2 Å². The molecule has 0 spiro atoms. The summed E-state index contributed by atoms with van der Waals surface area (Å²) >= 11 is 0. The van der Waals surface area contributed by atoms with Gasteiger partial charge < -0.3 is 16.0 Å².